The summed E-state index contributed by atoms with van der Waals surface area (Å²) in [7, 11) is 0.884. The van der Waals surface area contributed by atoms with Crippen LogP contribution in [0.1, 0.15) is 50.2 Å². The zero-order valence-electron chi connectivity index (χ0n) is 15.4. The summed E-state index contributed by atoms with van der Waals surface area (Å²) in [6.45, 7) is 2.06. The van der Waals surface area contributed by atoms with Gasteiger partial charge in [0.25, 0.3) is 0 Å². The Labute approximate surface area is 155 Å². The third-order valence-corrected chi connectivity index (χ3v) is 5.35. The Bertz CT molecular complexity index is 659. The van der Waals surface area contributed by atoms with E-state index in [4.69, 9.17) is 0 Å². The van der Waals surface area contributed by atoms with E-state index in [0.29, 0.717) is 18.8 Å². The minimum atomic E-state index is -4.64. The van der Waals surface area contributed by atoms with Crippen molar-refractivity contribution in [1.29, 1.82) is 0 Å². The fourth-order valence-corrected chi connectivity index (χ4v) is 3.52. The zero-order chi connectivity index (χ0) is 20.2. The van der Waals surface area contributed by atoms with Crippen LogP contribution in [0.25, 0.3) is 5.83 Å². The molecule has 152 valence electrons. The quantitative estimate of drug-likeness (QED) is 0.484. The molecule has 0 radical (unpaired) electrons. The molecule has 1 fully saturated rings. The predicted molar refractivity (Wildman–Crippen MR) is 91.8 cm³/mol. The van der Waals surface area contributed by atoms with Gasteiger partial charge in [0.05, 0.1) is 0 Å². The maximum Gasteiger partial charge on any atom is 0.414 e. The Balaban J connectivity index is 2.16. The SMILES string of the molecule is CCC1CCC(/C(F)=C(/F)c2ccc(CC(OC)C(F)(F)F)c(F)c2)CC1. The van der Waals surface area contributed by atoms with E-state index in [0.717, 1.165) is 44.6 Å². The monoisotopic (exact) mass is 394 g/mol. The number of hydrogen-bond donors (Lipinski definition) is 0. The first-order valence-corrected chi connectivity index (χ1v) is 9.10. The molecule has 1 nitrogen and oxygen atoms in total. The van der Waals surface area contributed by atoms with Crippen LogP contribution in [0.4, 0.5) is 26.3 Å². The highest BCUT2D eigenvalue weighted by Gasteiger charge is 2.40. The second-order valence-corrected chi connectivity index (χ2v) is 7.06. The summed E-state index contributed by atoms with van der Waals surface area (Å²) >= 11 is 0. The highest BCUT2D eigenvalue weighted by atomic mass is 19.4. The molecule has 27 heavy (non-hydrogen) atoms. The van der Waals surface area contributed by atoms with Crippen LogP contribution >= 0.6 is 0 Å². The summed E-state index contributed by atoms with van der Waals surface area (Å²) < 4.78 is 85.7. The van der Waals surface area contributed by atoms with Crippen molar-refractivity contribution in [2.45, 2.75) is 57.7 Å². The molecule has 0 bridgehead atoms. The van der Waals surface area contributed by atoms with Crippen LogP contribution in [0.5, 0.6) is 0 Å². The van der Waals surface area contributed by atoms with Crippen LogP contribution in [0.3, 0.4) is 0 Å². The molecular weight excluding hydrogens is 370 g/mol. The molecule has 0 aliphatic heterocycles. The molecule has 1 unspecified atom stereocenters. The van der Waals surface area contributed by atoms with Crippen molar-refractivity contribution in [3.63, 3.8) is 0 Å². The van der Waals surface area contributed by atoms with E-state index >= 15 is 0 Å². The van der Waals surface area contributed by atoms with Gasteiger partial charge < -0.3 is 4.74 Å². The molecule has 1 aromatic rings. The van der Waals surface area contributed by atoms with Gasteiger partial charge >= 0.3 is 6.18 Å². The number of ether oxygens (including phenoxy) is 1. The molecule has 1 aliphatic rings. The Hall–Kier alpha value is -1.50. The van der Waals surface area contributed by atoms with Gasteiger partial charge in [-0.3, -0.25) is 0 Å². The molecule has 7 heteroatoms. The number of allylic oxidation sites excluding steroid dienone is 1. The molecule has 1 saturated carbocycles. The molecule has 0 aromatic heterocycles. The van der Waals surface area contributed by atoms with Crippen molar-refractivity contribution in [2.75, 3.05) is 7.11 Å². The molecule has 0 spiro atoms. The van der Waals surface area contributed by atoms with E-state index in [9.17, 15) is 26.3 Å². The van der Waals surface area contributed by atoms with E-state index in [1.54, 1.807) is 0 Å². The van der Waals surface area contributed by atoms with Crippen molar-refractivity contribution in [2.24, 2.45) is 11.8 Å². The lowest BCUT2D eigenvalue weighted by Gasteiger charge is -2.27. The molecule has 1 aliphatic carbocycles. The molecule has 0 heterocycles. The van der Waals surface area contributed by atoms with Crippen molar-refractivity contribution >= 4 is 5.83 Å². The van der Waals surface area contributed by atoms with Crippen LogP contribution < -0.4 is 0 Å². The number of alkyl halides is 3. The summed E-state index contributed by atoms with van der Waals surface area (Å²) in [6, 6.07) is 2.89. The maximum absolute atomic E-state index is 14.5. The summed E-state index contributed by atoms with van der Waals surface area (Å²) in [4.78, 5) is 0. The highest BCUT2D eigenvalue weighted by molar-refractivity contribution is 5.61. The van der Waals surface area contributed by atoms with Crippen molar-refractivity contribution in [3.8, 4) is 0 Å². The van der Waals surface area contributed by atoms with E-state index in [1.807, 2.05) is 0 Å². The van der Waals surface area contributed by atoms with Crippen LogP contribution in [0.15, 0.2) is 24.0 Å². The number of benzene rings is 1. The summed E-state index contributed by atoms with van der Waals surface area (Å²) in [5.41, 5.74) is -0.563. The molecule has 1 atom stereocenters. The predicted octanol–water partition coefficient (Wildman–Crippen LogP) is 6.77. The Kier molecular flexibility index (Phi) is 7.37. The van der Waals surface area contributed by atoms with Gasteiger partial charge in [-0.15, -0.1) is 0 Å². The van der Waals surface area contributed by atoms with Crippen LogP contribution in [-0.2, 0) is 11.2 Å². The fourth-order valence-electron chi connectivity index (χ4n) is 3.52. The second kappa shape index (κ2) is 9.13. The summed E-state index contributed by atoms with van der Waals surface area (Å²) in [5.74, 6) is -3.06. The summed E-state index contributed by atoms with van der Waals surface area (Å²) in [5, 5.41) is 0. The second-order valence-electron chi connectivity index (χ2n) is 7.06. The van der Waals surface area contributed by atoms with Gasteiger partial charge in [0.1, 0.15) is 11.6 Å². The maximum atomic E-state index is 14.5. The lowest BCUT2D eigenvalue weighted by molar-refractivity contribution is -0.212. The molecule has 1 aromatic carbocycles. The average Bonchev–Trinajstić information content (AvgIpc) is 2.64. The number of halogens is 6. The Morgan fingerprint density at radius 3 is 2.26 bits per heavy atom. The van der Waals surface area contributed by atoms with Gasteiger partial charge in [0.15, 0.2) is 11.9 Å². The number of methoxy groups -OCH3 is 1. The van der Waals surface area contributed by atoms with E-state index < -0.39 is 42.1 Å². The number of rotatable bonds is 6. The molecular formula is C20H24F6O. The lowest BCUT2D eigenvalue weighted by atomic mass is 9.80. The zero-order valence-corrected chi connectivity index (χ0v) is 15.4. The third kappa shape index (κ3) is 5.50. The first kappa shape index (κ1) is 21.8. The van der Waals surface area contributed by atoms with E-state index in [-0.39, 0.29) is 11.1 Å². The van der Waals surface area contributed by atoms with Gasteiger partial charge in [0.2, 0.25) is 0 Å². The number of hydrogen-bond acceptors (Lipinski definition) is 1. The van der Waals surface area contributed by atoms with Crippen molar-refractivity contribution < 1.29 is 31.1 Å². The van der Waals surface area contributed by atoms with Gasteiger partial charge in [0, 0.05) is 25.0 Å². The lowest BCUT2D eigenvalue weighted by Crippen LogP contribution is -2.32. The standard InChI is InChI=1S/C20H24F6O/c1-3-12-4-6-13(7-5-12)18(22)19(23)15-9-8-14(16(21)10-15)11-17(27-2)20(24,25)26/h8-10,12-13,17H,3-7,11H2,1-2H3/b19-18-. The topological polar surface area (TPSA) is 9.23 Å². The fraction of sp³-hybridized carbons (Fsp3) is 0.600. The summed E-state index contributed by atoms with van der Waals surface area (Å²) in [6.07, 6.45) is -3.80. The van der Waals surface area contributed by atoms with E-state index in [1.165, 1.54) is 0 Å². The molecule has 0 N–H and O–H groups in total. The molecule has 0 amide bonds. The van der Waals surface area contributed by atoms with Gasteiger partial charge in [-0.2, -0.15) is 13.2 Å². The van der Waals surface area contributed by atoms with Crippen molar-refractivity contribution in [3.05, 3.63) is 41.0 Å². The normalized spacial score (nSPS) is 23.1. The van der Waals surface area contributed by atoms with Crippen LogP contribution in [0.2, 0.25) is 0 Å². The Morgan fingerprint density at radius 1 is 1.15 bits per heavy atom. The Morgan fingerprint density at radius 2 is 1.78 bits per heavy atom. The minimum absolute atomic E-state index is 0.264. The van der Waals surface area contributed by atoms with Crippen molar-refractivity contribution in [1.82, 2.24) is 0 Å². The largest absolute Gasteiger partial charge is 0.414 e. The highest BCUT2D eigenvalue weighted by Crippen LogP contribution is 2.38. The average molecular weight is 394 g/mol. The van der Waals surface area contributed by atoms with Gasteiger partial charge in [-0.1, -0.05) is 25.5 Å². The van der Waals surface area contributed by atoms with Crippen LogP contribution in [-0.4, -0.2) is 19.4 Å². The smallest absolute Gasteiger partial charge is 0.372 e. The first-order valence-electron chi connectivity index (χ1n) is 9.10. The van der Waals surface area contributed by atoms with Gasteiger partial charge in [-0.25, -0.2) is 13.2 Å². The first-order chi connectivity index (χ1) is 12.7. The third-order valence-electron chi connectivity index (χ3n) is 5.35. The van der Waals surface area contributed by atoms with Crippen LogP contribution in [0, 0.1) is 17.7 Å². The molecule has 2 rings (SSSR count). The van der Waals surface area contributed by atoms with Gasteiger partial charge in [-0.05, 0) is 43.2 Å². The molecule has 0 saturated heterocycles. The van der Waals surface area contributed by atoms with E-state index in [2.05, 4.69) is 11.7 Å². The minimum Gasteiger partial charge on any atom is -0.372 e.